The van der Waals surface area contributed by atoms with Crippen LogP contribution in [0, 0.1) is 5.92 Å². The van der Waals surface area contributed by atoms with E-state index in [1.807, 2.05) is 37.4 Å². The van der Waals surface area contributed by atoms with Crippen molar-refractivity contribution in [2.75, 3.05) is 11.9 Å². The number of hydrogen-bond acceptors (Lipinski definition) is 4. The molecule has 2 heterocycles. The largest absolute Gasteiger partial charge is 0.488 e. The number of nitrogens with zero attached hydrogens (tertiary/aromatic N) is 1. The predicted octanol–water partition coefficient (Wildman–Crippen LogP) is 2.95. The Morgan fingerprint density at radius 3 is 3.09 bits per heavy atom. The van der Waals surface area contributed by atoms with Crippen molar-refractivity contribution in [2.45, 2.75) is 26.4 Å². The summed E-state index contributed by atoms with van der Waals surface area (Å²) in [6, 6.07) is 7.75. The third kappa shape index (κ3) is 3.51. The van der Waals surface area contributed by atoms with Crippen LogP contribution in [0.1, 0.15) is 25.3 Å². The molecule has 3 N–H and O–H groups in total. The van der Waals surface area contributed by atoms with Gasteiger partial charge in [-0.05, 0) is 42.6 Å². The van der Waals surface area contributed by atoms with Gasteiger partial charge in [0, 0.05) is 41.7 Å². The molecule has 0 saturated carbocycles. The lowest BCUT2D eigenvalue weighted by Gasteiger charge is -2.21. The van der Waals surface area contributed by atoms with E-state index in [-0.39, 0.29) is 5.91 Å². The summed E-state index contributed by atoms with van der Waals surface area (Å²) in [6.07, 6.45) is 4.88. The van der Waals surface area contributed by atoms with E-state index in [1.54, 1.807) is 6.20 Å². The Hall–Kier alpha value is -2.40. The van der Waals surface area contributed by atoms with Crippen LogP contribution in [0.2, 0.25) is 0 Å². The molecule has 2 aromatic rings. The normalized spacial score (nSPS) is 13.5. The number of benzene rings is 1. The fourth-order valence-corrected chi connectivity index (χ4v) is 2.62. The number of rotatable bonds is 5. The van der Waals surface area contributed by atoms with Crippen LogP contribution >= 0.6 is 0 Å². The molecular formula is C18H21N3O2. The van der Waals surface area contributed by atoms with Crippen molar-refractivity contribution in [1.29, 1.82) is 0 Å². The summed E-state index contributed by atoms with van der Waals surface area (Å²) in [7, 11) is 0. The topological polar surface area (TPSA) is 77.2 Å². The molecule has 1 aromatic carbocycles. The van der Waals surface area contributed by atoms with E-state index in [0.29, 0.717) is 25.5 Å². The molecule has 0 bridgehead atoms. The van der Waals surface area contributed by atoms with E-state index in [0.717, 1.165) is 34.5 Å². The number of ether oxygens (including phenoxy) is 1. The lowest BCUT2D eigenvalue weighted by molar-refractivity contribution is -0.116. The van der Waals surface area contributed by atoms with Crippen molar-refractivity contribution in [1.82, 2.24) is 4.98 Å². The Morgan fingerprint density at radius 2 is 2.26 bits per heavy atom. The standard InChI is InChI=1S/C18H21N3O2/c1-12(9-19)2-5-18(22)21-14-3-4-16-15-6-7-20-10-13(15)11-23-17(16)8-14/h3-4,6-8,10,12H,2,5,9,11,19H2,1H3,(H,21,22). The van der Waals surface area contributed by atoms with Crippen molar-refractivity contribution < 1.29 is 9.53 Å². The summed E-state index contributed by atoms with van der Waals surface area (Å²) in [4.78, 5) is 16.1. The third-order valence-electron chi connectivity index (χ3n) is 4.11. The molecule has 1 aliphatic heterocycles. The van der Waals surface area contributed by atoms with Gasteiger partial charge in [0.25, 0.3) is 0 Å². The molecule has 1 atom stereocenters. The number of hydrogen-bond donors (Lipinski definition) is 2. The SMILES string of the molecule is CC(CN)CCC(=O)Nc1ccc2c(c1)OCc1cnccc1-2. The number of aromatic nitrogens is 1. The van der Waals surface area contributed by atoms with Gasteiger partial charge in [0.15, 0.2) is 0 Å². The fraction of sp³-hybridized carbons (Fsp3) is 0.333. The molecular weight excluding hydrogens is 290 g/mol. The van der Waals surface area contributed by atoms with Gasteiger partial charge >= 0.3 is 0 Å². The zero-order valence-corrected chi connectivity index (χ0v) is 13.2. The van der Waals surface area contributed by atoms with E-state index in [2.05, 4.69) is 10.3 Å². The van der Waals surface area contributed by atoms with E-state index < -0.39 is 0 Å². The van der Waals surface area contributed by atoms with Crippen molar-refractivity contribution in [3.05, 3.63) is 42.2 Å². The number of nitrogens with two attached hydrogens (primary N) is 1. The lowest BCUT2D eigenvalue weighted by atomic mass is 9.98. The summed E-state index contributed by atoms with van der Waals surface area (Å²) >= 11 is 0. The second-order valence-corrected chi connectivity index (χ2v) is 5.96. The minimum absolute atomic E-state index is 0.00524. The highest BCUT2D eigenvalue weighted by Gasteiger charge is 2.17. The summed E-state index contributed by atoms with van der Waals surface area (Å²) in [5.74, 6) is 1.15. The zero-order chi connectivity index (χ0) is 16.2. The van der Waals surface area contributed by atoms with Crippen molar-refractivity contribution in [2.24, 2.45) is 11.7 Å². The highest BCUT2D eigenvalue weighted by molar-refractivity contribution is 5.91. The van der Waals surface area contributed by atoms with Crippen molar-refractivity contribution in [3.8, 4) is 16.9 Å². The maximum Gasteiger partial charge on any atom is 0.224 e. The fourth-order valence-electron chi connectivity index (χ4n) is 2.62. The highest BCUT2D eigenvalue weighted by atomic mass is 16.5. The summed E-state index contributed by atoms with van der Waals surface area (Å²) in [6.45, 7) is 3.15. The monoisotopic (exact) mass is 311 g/mol. The quantitative estimate of drug-likeness (QED) is 0.890. The molecule has 5 heteroatoms. The Bertz CT molecular complexity index is 715. The van der Waals surface area contributed by atoms with Crippen LogP contribution in [0.3, 0.4) is 0 Å². The molecule has 0 spiro atoms. The molecule has 3 rings (SSSR count). The van der Waals surface area contributed by atoms with Crippen LogP contribution in [0.25, 0.3) is 11.1 Å². The van der Waals surface area contributed by atoms with Gasteiger partial charge in [-0.15, -0.1) is 0 Å². The maximum atomic E-state index is 12.0. The van der Waals surface area contributed by atoms with Gasteiger partial charge in [-0.1, -0.05) is 6.92 Å². The molecule has 1 aliphatic rings. The number of nitrogens with one attached hydrogen (secondary N) is 1. The van der Waals surface area contributed by atoms with Gasteiger partial charge in [0.05, 0.1) is 0 Å². The molecule has 0 radical (unpaired) electrons. The molecule has 1 aromatic heterocycles. The summed E-state index contributed by atoms with van der Waals surface area (Å²) in [5, 5.41) is 2.92. The molecule has 0 fully saturated rings. The molecule has 1 unspecified atom stereocenters. The first-order chi connectivity index (χ1) is 11.2. The van der Waals surface area contributed by atoms with Gasteiger partial charge in [-0.2, -0.15) is 0 Å². The van der Waals surface area contributed by atoms with Gasteiger partial charge in [-0.25, -0.2) is 0 Å². The number of anilines is 1. The van der Waals surface area contributed by atoms with Crippen LogP contribution < -0.4 is 15.8 Å². The summed E-state index contributed by atoms with van der Waals surface area (Å²) in [5.41, 5.74) is 9.57. The minimum atomic E-state index is 0.00524. The predicted molar refractivity (Wildman–Crippen MR) is 90.1 cm³/mol. The van der Waals surface area contributed by atoms with Crippen LogP contribution in [0.5, 0.6) is 5.75 Å². The van der Waals surface area contributed by atoms with Gasteiger partial charge in [0.1, 0.15) is 12.4 Å². The Balaban J connectivity index is 1.72. The maximum absolute atomic E-state index is 12.0. The highest BCUT2D eigenvalue weighted by Crippen LogP contribution is 2.38. The first-order valence-corrected chi connectivity index (χ1v) is 7.87. The van der Waals surface area contributed by atoms with Crippen molar-refractivity contribution in [3.63, 3.8) is 0 Å². The number of amides is 1. The second kappa shape index (κ2) is 6.79. The number of carbonyl (C=O) groups is 1. The number of pyridine rings is 1. The van der Waals surface area contributed by atoms with E-state index >= 15 is 0 Å². The van der Waals surface area contributed by atoms with Crippen LogP contribution in [-0.2, 0) is 11.4 Å². The van der Waals surface area contributed by atoms with Gasteiger partial charge in [-0.3, -0.25) is 9.78 Å². The number of carbonyl (C=O) groups excluding carboxylic acids is 1. The first kappa shape index (κ1) is 15.5. The lowest BCUT2D eigenvalue weighted by Crippen LogP contribution is -2.16. The molecule has 1 amide bonds. The molecule has 0 saturated heterocycles. The van der Waals surface area contributed by atoms with Crippen LogP contribution in [0.15, 0.2) is 36.7 Å². The average molecular weight is 311 g/mol. The van der Waals surface area contributed by atoms with E-state index in [9.17, 15) is 4.79 Å². The smallest absolute Gasteiger partial charge is 0.224 e. The van der Waals surface area contributed by atoms with Crippen LogP contribution in [0.4, 0.5) is 5.69 Å². The van der Waals surface area contributed by atoms with Gasteiger partial charge in [0.2, 0.25) is 5.91 Å². The molecule has 0 aliphatic carbocycles. The average Bonchev–Trinajstić information content (AvgIpc) is 2.59. The third-order valence-corrected chi connectivity index (χ3v) is 4.11. The van der Waals surface area contributed by atoms with E-state index in [1.165, 1.54) is 0 Å². The van der Waals surface area contributed by atoms with Crippen molar-refractivity contribution >= 4 is 11.6 Å². The Labute approximate surface area is 135 Å². The second-order valence-electron chi connectivity index (χ2n) is 5.96. The molecule has 23 heavy (non-hydrogen) atoms. The summed E-state index contributed by atoms with van der Waals surface area (Å²) < 4.78 is 5.78. The van der Waals surface area contributed by atoms with Crippen LogP contribution in [-0.4, -0.2) is 17.4 Å². The zero-order valence-electron chi connectivity index (χ0n) is 13.2. The van der Waals surface area contributed by atoms with Gasteiger partial charge < -0.3 is 15.8 Å². The first-order valence-electron chi connectivity index (χ1n) is 7.87. The Kier molecular flexibility index (Phi) is 4.57. The molecule has 5 nitrogen and oxygen atoms in total. The number of fused-ring (bicyclic) bond motifs is 3. The Morgan fingerprint density at radius 1 is 1.39 bits per heavy atom. The molecule has 120 valence electrons. The van der Waals surface area contributed by atoms with E-state index in [4.69, 9.17) is 10.5 Å². The minimum Gasteiger partial charge on any atom is -0.488 e.